The van der Waals surface area contributed by atoms with Crippen LogP contribution < -0.4 is 5.32 Å². The summed E-state index contributed by atoms with van der Waals surface area (Å²) >= 11 is 1.69. The van der Waals surface area contributed by atoms with Crippen molar-refractivity contribution < 1.29 is 19.1 Å². The number of esters is 1. The molecule has 1 aliphatic rings. The van der Waals surface area contributed by atoms with Gasteiger partial charge in [0.05, 0.1) is 15.2 Å². The molecule has 6 nitrogen and oxygen atoms in total. The highest BCUT2D eigenvalue weighted by molar-refractivity contribution is 7.18. The van der Waals surface area contributed by atoms with Gasteiger partial charge in [-0.05, 0) is 49.6 Å². The summed E-state index contributed by atoms with van der Waals surface area (Å²) in [5.74, 6) is -0.841. The van der Waals surface area contributed by atoms with Crippen molar-refractivity contribution >= 4 is 39.1 Å². The SMILES string of the molecule is C[C@H](OC(=O)[C@@H]1CCCO1)C(=O)Nc1ccc(Cc2nc3ccccc3s2)cc1. The molecule has 1 amide bonds. The Morgan fingerprint density at radius 1 is 1.24 bits per heavy atom. The normalized spacial score (nSPS) is 17.2. The summed E-state index contributed by atoms with van der Waals surface area (Å²) in [7, 11) is 0. The van der Waals surface area contributed by atoms with Crippen LogP contribution in [0.25, 0.3) is 10.2 Å². The summed E-state index contributed by atoms with van der Waals surface area (Å²) in [6.07, 6.45) is 0.789. The minimum Gasteiger partial charge on any atom is -0.451 e. The van der Waals surface area contributed by atoms with E-state index in [1.54, 1.807) is 18.3 Å². The summed E-state index contributed by atoms with van der Waals surface area (Å²) < 4.78 is 11.7. The van der Waals surface area contributed by atoms with Crippen molar-refractivity contribution in [3.63, 3.8) is 0 Å². The molecule has 1 saturated heterocycles. The number of aromatic nitrogens is 1. The van der Waals surface area contributed by atoms with Gasteiger partial charge in [0.25, 0.3) is 5.91 Å². The van der Waals surface area contributed by atoms with Crippen molar-refractivity contribution in [2.45, 2.75) is 38.4 Å². The number of thiazole rings is 1. The number of rotatable bonds is 6. The molecule has 0 aliphatic carbocycles. The first-order chi connectivity index (χ1) is 14.1. The van der Waals surface area contributed by atoms with Crippen LogP contribution in [0.15, 0.2) is 48.5 Å². The molecule has 29 heavy (non-hydrogen) atoms. The Kier molecular flexibility index (Phi) is 5.87. The maximum Gasteiger partial charge on any atom is 0.336 e. The average Bonchev–Trinajstić information content (AvgIpc) is 3.39. The molecular formula is C22H22N2O4S. The van der Waals surface area contributed by atoms with Crippen molar-refractivity contribution in [2.75, 3.05) is 11.9 Å². The van der Waals surface area contributed by atoms with E-state index in [1.807, 2.05) is 42.5 Å². The van der Waals surface area contributed by atoms with Gasteiger partial charge in [0, 0.05) is 18.7 Å². The van der Waals surface area contributed by atoms with Crippen molar-refractivity contribution in [2.24, 2.45) is 0 Å². The molecule has 150 valence electrons. The van der Waals surface area contributed by atoms with Crippen molar-refractivity contribution in [1.29, 1.82) is 0 Å². The molecule has 1 fully saturated rings. The van der Waals surface area contributed by atoms with Gasteiger partial charge in [-0.1, -0.05) is 24.3 Å². The molecule has 0 unspecified atom stereocenters. The zero-order chi connectivity index (χ0) is 20.2. The van der Waals surface area contributed by atoms with Crippen molar-refractivity contribution in [3.8, 4) is 0 Å². The first-order valence-electron chi connectivity index (χ1n) is 9.65. The highest BCUT2D eigenvalue weighted by atomic mass is 32.1. The lowest BCUT2D eigenvalue weighted by Gasteiger charge is -2.16. The molecule has 2 aromatic carbocycles. The van der Waals surface area contributed by atoms with Gasteiger partial charge in [-0.25, -0.2) is 9.78 Å². The van der Waals surface area contributed by atoms with E-state index in [1.165, 1.54) is 4.70 Å². The fraction of sp³-hybridized carbons (Fsp3) is 0.318. The van der Waals surface area contributed by atoms with Crippen LogP contribution in [0.2, 0.25) is 0 Å². The third kappa shape index (κ3) is 4.81. The molecule has 1 aliphatic heterocycles. The third-order valence-electron chi connectivity index (χ3n) is 4.77. The van der Waals surface area contributed by atoms with E-state index in [0.29, 0.717) is 18.7 Å². The Hall–Kier alpha value is -2.77. The molecule has 7 heteroatoms. The molecule has 4 rings (SSSR count). The lowest BCUT2D eigenvalue weighted by atomic mass is 10.1. The average molecular weight is 410 g/mol. The van der Waals surface area contributed by atoms with Gasteiger partial charge < -0.3 is 14.8 Å². The number of anilines is 1. The Morgan fingerprint density at radius 3 is 2.76 bits per heavy atom. The van der Waals surface area contributed by atoms with E-state index >= 15 is 0 Å². The number of benzene rings is 2. The van der Waals surface area contributed by atoms with E-state index in [0.717, 1.165) is 28.9 Å². The molecule has 3 aromatic rings. The number of ether oxygens (including phenoxy) is 2. The van der Waals surface area contributed by atoms with Gasteiger partial charge in [-0.15, -0.1) is 11.3 Å². The summed E-state index contributed by atoms with van der Waals surface area (Å²) in [5, 5.41) is 3.83. The largest absolute Gasteiger partial charge is 0.451 e. The van der Waals surface area contributed by atoms with Gasteiger partial charge in [0.1, 0.15) is 0 Å². The fourth-order valence-electron chi connectivity index (χ4n) is 3.19. The number of hydrogen-bond donors (Lipinski definition) is 1. The summed E-state index contributed by atoms with van der Waals surface area (Å²) in [4.78, 5) is 28.9. The number of carbonyl (C=O) groups excluding carboxylic acids is 2. The van der Waals surface area contributed by atoms with Crippen LogP contribution in [-0.4, -0.2) is 35.7 Å². The van der Waals surface area contributed by atoms with Gasteiger partial charge in [-0.2, -0.15) is 0 Å². The second-order valence-electron chi connectivity index (χ2n) is 7.02. The zero-order valence-electron chi connectivity index (χ0n) is 16.1. The minimum atomic E-state index is -0.880. The quantitative estimate of drug-likeness (QED) is 0.623. The molecule has 2 atom stereocenters. The van der Waals surface area contributed by atoms with Crippen LogP contribution in [0, 0.1) is 0 Å². The summed E-state index contributed by atoms with van der Waals surface area (Å²) in [5.41, 5.74) is 2.78. The number of nitrogens with zero attached hydrogens (tertiary/aromatic N) is 1. The minimum absolute atomic E-state index is 0.365. The number of amides is 1. The number of carbonyl (C=O) groups is 2. The third-order valence-corrected chi connectivity index (χ3v) is 5.81. The van der Waals surface area contributed by atoms with Crippen LogP contribution >= 0.6 is 11.3 Å². The highest BCUT2D eigenvalue weighted by Gasteiger charge is 2.28. The van der Waals surface area contributed by atoms with Crippen LogP contribution in [-0.2, 0) is 25.5 Å². The van der Waals surface area contributed by atoms with Gasteiger partial charge in [0.15, 0.2) is 12.2 Å². The molecule has 1 N–H and O–H groups in total. The highest BCUT2D eigenvalue weighted by Crippen LogP contribution is 2.24. The number of hydrogen-bond acceptors (Lipinski definition) is 6. The predicted octanol–water partition coefficient (Wildman–Crippen LogP) is 3.94. The van der Waals surface area contributed by atoms with E-state index in [9.17, 15) is 9.59 Å². The molecule has 0 saturated carbocycles. The lowest BCUT2D eigenvalue weighted by molar-refractivity contribution is -0.162. The first kappa shape index (κ1) is 19.5. The Bertz CT molecular complexity index is 976. The second kappa shape index (κ2) is 8.71. The van der Waals surface area contributed by atoms with E-state index < -0.39 is 18.2 Å². The molecular weight excluding hydrogens is 388 g/mol. The maximum atomic E-state index is 12.3. The summed E-state index contributed by atoms with van der Waals surface area (Å²) in [6.45, 7) is 2.12. The lowest BCUT2D eigenvalue weighted by Crippen LogP contribution is -2.33. The van der Waals surface area contributed by atoms with Crippen LogP contribution in [0.3, 0.4) is 0 Å². The maximum absolute atomic E-state index is 12.3. The molecule has 0 bridgehead atoms. The van der Waals surface area contributed by atoms with Crippen LogP contribution in [0.4, 0.5) is 5.69 Å². The number of para-hydroxylation sites is 1. The standard InChI is InChI=1S/C22H22N2O4S/c1-14(28-22(26)18-6-4-12-27-18)21(25)23-16-10-8-15(9-11-16)13-20-24-17-5-2-3-7-19(17)29-20/h2-3,5,7-11,14,18H,4,6,12-13H2,1H3,(H,23,25)/t14-,18-/m0/s1. The summed E-state index contributed by atoms with van der Waals surface area (Å²) in [6, 6.07) is 15.7. The Balaban J connectivity index is 1.32. The van der Waals surface area contributed by atoms with Crippen LogP contribution in [0.5, 0.6) is 0 Å². The van der Waals surface area contributed by atoms with Crippen molar-refractivity contribution in [1.82, 2.24) is 4.98 Å². The Labute approximate surface area is 172 Å². The number of fused-ring (bicyclic) bond motifs is 1. The van der Waals surface area contributed by atoms with E-state index in [-0.39, 0.29) is 5.91 Å². The van der Waals surface area contributed by atoms with Crippen LogP contribution in [0.1, 0.15) is 30.3 Å². The topological polar surface area (TPSA) is 77.5 Å². The molecule has 1 aromatic heterocycles. The van der Waals surface area contributed by atoms with E-state index in [2.05, 4.69) is 16.4 Å². The number of nitrogens with one attached hydrogen (secondary N) is 1. The zero-order valence-corrected chi connectivity index (χ0v) is 16.9. The van der Waals surface area contributed by atoms with Crippen molar-refractivity contribution in [3.05, 3.63) is 59.1 Å². The monoisotopic (exact) mass is 410 g/mol. The molecule has 0 radical (unpaired) electrons. The predicted molar refractivity (Wildman–Crippen MR) is 112 cm³/mol. The fourth-order valence-corrected chi connectivity index (χ4v) is 4.19. The molecule has 0 spiro atoms. The second-order valence-corrected chi connectivity index (χ2v) is 8.13. The van der Waals surface area contributed by atoms with Gasteiger partial charge in [0.2, 0.25) is 0 Å². The Morgan fingerprint density at radius 2 is 2.03 bits per heavy atom. The van der Waals surface area contributed by atoms with E-state index in [4.69, 9.17) is 9.47 Å². The smallest absolute Gasteiger partial charge is 0.336 e. The molecule has 2 heterocycles. The van der Waals surface area contributed by atoms with Gasteiger partial charge in [-0.3, -0.25) is 4.79 Å². The first-order valence-corrected chi connectivity index (χ1v) is 10.5. The van der Waals surface area contributed by atoms with Gasteiger partial charge >= 0.3 is 5.97 Å².